The van der Waals surface area contributed by atoms with E-state index < -0.39 is 10.0 Å². The number of amides is 1. The molecule has 1 fully saturated rings. The first-order chi connectivity index (χ1) is 16.4. The minimum Gasteiger partial charge on any atom is -0.370 e. The van der Waals surface area contributed by atoms with Crippen LogP contribution in [0.4, 0.5) is 0 Å². The van der Waals surface area contributed by atoms with Crippen LogP contribution < -0.4 is 15.8 Å². The lowest BCUT2D eigenvalue weighted by molar-refractivity contribution is 0.0668. The molecule has 0 aliphatic carbocycles. The van der Waals surface area contributed by atoms with Gasteiger partial charge in [-0.3, -0.25) is 9.79 Å². The summed E-state index contributed by atoms with van der Waals surface area (Å²) < 4.78 is 28.5. The van der Waals surface area contributed by atoms with Crippen molar-refractivity contribution in [2.24, 2.45) is 10.7 Å². The molecule has 1 spiro atoms. The molecule has 3 heterocycles. The summed E-state index contributed by atoms with van der Waals surface area (Å²) in [4.78, 5) is 22.4. The van der Waals surface area contributed by atoms with Crippen LogP contribution in [0.3, 0.4) is 0 Å². The maximum absolute atomic E-state index is 13.1. The topological polar surface area (TPSA) is 133 Å². The van der Waals surface area contributed by atoms with Crippen LogP contribution in [-0.4, -0.2) is 61.9 Å². The Hall–Kier alpha value is -3.37. The summed E-state index contributed by atoms with van der Waals surface area (Å²) >= 11 is 0. The largest absolute Gasteiger partial charge is 0.370 e. The van der Waals surface area contributed by atoms with Gasteiger partial charge in [-0.2, -0.15) is 0 Å². The smallest absolute Gasteiger partial charge is 0.253 e. The number of sulfonamides is 1. The van der Waals surface area contributed by atoms with Crippen molar-refractivity contribution in [2.45, 2.75) is 29.7 Å². The molecule has 2 aliphatic rings. The molecule has 1 amide bonds. The third-order valence-electron chi connectivity index (χ3n) is 6.71. The fourth-order valence-corrected chi connectivity index (χ4v) is 5.81. The van der Waals surface area contributed by atoms with Crippen molar-refractivity contribution in [3.05, 3.63) is 65.9 Å². The maximum atomic E-state index is 13.1. The minimum atomic E-state index is -3.75. The van der Waals surface area contributed by atoms with Gasteiger partial charge in [-0.05, 0) is 49.1 Å². The molecule has 0 unspecified atom stereocenters. The Morgan fingerprint density at radius 1 is 1.15 bits per heavy atom. The van der Waals surface area contributed by atoms with Crippen LogP contribution >= 0.6 is 0 Å². The Balaban J connectivity index is 1.22. The number of nitrogens with zero attached hydrogens (tertiary/aromatic N) is 2. The van der Waals surface area contributed by atoms with Gasteiger partial charge < -0.3 is 20.9 Å². The maximum Gasteiger partial charge on any atom is 0.253 e. The van der Waals surface area contributed by atoms with E-state index in [4.69, 9.17) is 5.73 Å². The van der Waals surface area contributed by atoms with E-state index in [-0.39, 0.29) is 22.9 Å². The van der Waals surface area contributed by atoms with Crippen molar-refractivity contribution in [3.63, 3.8) is 0 Å². The van der Waals surface area contributed by atoms with Gasteiger partial charge in [0.25, 0.3) is 5.91 Å². The van der Waals surface area contributed by atoms with Gasteiger partial charge in [-0.1, -0.05) is 24.3 Å². The van der Waals surface area contributed by atoms with Gasteiger partial charge >= 0.3 is 0 Å². The normalized spacial score (nSPS) is 17.6. The van der Waals surface area contributed by atoms with E-state index in [0.29, 0.717) is 37.6 Å². The average molecular weight is 481 g/mol. The van der Waals surface area contributed by atoms with Gasteiger partial charge in [-0.25, -0.2) is 13.1 Å². The fraction of sp³-hybridized carbons (Fsp3) is 0.333. The Kier molecular flexibility index (Phi) is 5.78. The Morgan fingerprint density at radius 2 is 1.94 bits per heavy atom. The summed E-state index contributed by atoms with van der Waals surface area (Å²) in [6.45, 7) is 2.01. The molecular weight excluding hydrogens is 452 g/mol. The molecule has 0 atom stereocenters. The zero-order chi connectivity index (χ0) is 23.8. The molecule has 9 nitrogen and oxygen atoms in total. The Labute approximate surface area is 198 Å². The summed E-state index contributed by atoms with van der Waals surface area (Å²) in [7, 11) is -3.75. The minimum absolute atomic E-state index is 0.0874. The van der Waals surface area contributed by atoms with E-state index in [1.54, 1.807) is 17.0 Å². The molecular formula is C24H28N6O3S. The zero-order valence-electron chi connectivity index (χ0n) is 18.8. The number of nitrogens with one attached hydrogen (secondary N) is 3. The lowest BCUT2D eigenvalue weighted by atomic mass is 9.88. The molecule has 0 radical (unpaired) electrons. The highest BCUT2D eigenvalue weighted by atomic mass is 32.2. The van der Waals surface area contributed by atoms with E-state index >= 15 is 0 Å². The Bertz CT molecular complexity index is 1360. The number of aromatic nitrogens is 1. The molecule has 34 heavy (non-hydrogen) atoms. The van der Waals surface area contributed by atoms with E-state index in [9.17, 15) is 13.2 Å². The van der Waals surface area contributed by atoms with E-state index in [1.165, 1.54) is 12.1 Å². The van der Waals surface area contributed by atoms with Crippen LogP contribution in [0.1, 0.15) is 28.8 Å². The van der Waals surface area contributed by atoms with E-state index in [0.717, 1.165) is 29.3 Å². The van der Waals surface area contributed by atoms with Crippen LogP contribution in [0, 0.1) is 0 Å². The predicted molar refractivity (Wildman–Crippen MR) is 131 cm³/mol. The zero-order valence-corrected chi connectivity index (χ0v) is 19.6. The summed E-state index contributed by atoms with van der Waals surface area (Å²) in [5.74, 6) is 0.285. The second-order valence-electron chi connectivity index (χ2n) is 8.93. The summed E-state index contributed by atoms with van der Waals surface area (Å²) in [6, 6.07) is 14.2. The van der Waals surface area contributed by atoms with Crippen molar-refractivity contribution in [1.29, 1.82) is 0 Å². The molecule has 0 bridgehead atoms. The predicted octanol–water partition coefficient (Wildman–Crippen LogP) is 1.58. The second-order valence-corrected chi connectivity index (χ2v) is 10.7. The second kappa shape index (κ2) is 8.77. The van der Waals surface area contributed by atoms with Crippen LogP contribution in [0.15, 0.2) is 64.6 Å². The monoisotopic (exact) mass is 480 g/mol. The molecule has 1 saturated heterocycles. The van der Waals surface area contributed by atoms with Gasteiger partial charge in [0.2, 0.25) is 10.0 Å². The van der Waals surface area contributed by atoms with Gasteiger partial charge in [0.1, 0.15) is 0 Å². The molecule has 2 aliphatic heterocycles. The highest BCUT2D eigenvalue weighted by Crippen LogP contribution is 2.26. The van der Waals surface area contributed by atoms with E-state index in [2.05, 4.69) is 20.0 Å². The fourth-order valence-electron chi connectivity index (χ4n) is 4.73. The van der Waals surface area contributed by atoms with Crippen LogP contribution in [0.2, 0.25) is 0 Å². The third kappa shape index (κ3) is 4.38. The van der Waals surface area contributed by atoms with Gasteiger partial charge in [0.15, 0.2) is 5.96 Å². The number of fused-ring (bicyclic) bond motifs is 1. The number of nitrogens with two attached hydrogens (primary N) is 1. The van der Waals surface area contributed by atoms with Crippen LogP contribution in [0.25, 0.3) is 10.9 Å². The summed E-state index contributed by atoms with van der Waals surface area (Å²) in [5, 5.41) is 4.32. The Morgan fingerprint density at radius 3 is 2.71 bits per heavy atom. The van der Waals surface area contributed by atoms with Crippen molar-refractivity contribution in [3.8, 4) is 0 Å². The first kappa shape index (κ1) is 22.4. The van der Waals surface area contributed by atoms with Crippen molar-refractivity contribution in [1.82, 2.24) is 19.9 Å². The number of aliphatic imine (C=N–C) groups is 1. The highest BCUT2D eigenvalue weighted by molar-refractivity contribution is 7.89. The van der Waals surface area contributed by atoms with Crippen molar-refractivity contribution < 1.29 is 13.2 Å². The molecule has 5 N–H and O–H groups in total. The number of aromatic amines is 1. The highest BCUT2D eigenvalue weighted by Gasteiger charge is 2.39. The number of H-pyrrole nitrogens is 1. The number of carbonyl (C=O) groups excluding carboxylic acids is 1. The number of hydrogen-bond acceptors (Lipinski definition) is 6. The quantitative estimate of drug-likeness (QED) is 0.425. The van der Waals surface area contributed by atoms with Gasteiger partial charge in [0, 0.05) is 42.3 Å². The third-order valence-corrected chi connectivity index (χ3v) is 8.16. The van der Waals surface area contributed by atoms with Crippen molar-refractivity contribution >= 4 is 32.8 Å². The van der Waals surface area contributed by atoms with Crippen LogP contribution in [-0.2, 0) is 16.4 Å². The number of carbonyl (C=O) groups is 1. The number of para-hydroxylation sites is 1. The molecule has 1 aromatic heterocycles. The summed E-state index contributed by atoms with van der Waals surface area (Å²) in [6.07, 6.45) is 3.95. The molecule has 3 aromatic rings. The van der Waals surface area contributed by atoms with Gasteiger partial charge in [-0.15, -0.1) is 0 Å². The first-order valence-corrected chi connectivity index (χ1v) is 12.9. The number of guanidine groups is 1. The van der Waals surface area contributed by atoms with Crippen molar-refractivity contribution in [2.75, 3.05) is 26.2 Å². The average Bonchev–Trinajstić information content (AvgIpc) is 3.42. The van der Waals surface area contributed by atoms with E-state index in [1.807, 2.05) is 30.5 Å². The van der Waals surface area contributed by atoms with Crippen LogP contribution in [0.5, 0.6) is 0 Å². The lowest BCUT2D eigenvalue weighted by Gasteiger charge is -2.39. The van der Waals surface area contributed by atoms with Gasteiger partial charge in [0.05, 0.1) is 17.0 Å². The number of benzene rings is 2. The first-order valence-electron chi connectivity index (χ1n) is 11.4. The molecule has 0 saturated carbocycles. The summed E-state index contributed by atoms with van der Waals surface area (Å²) in [5.41, 5.74) is 8.04. The number of likely N-dealkylation sites (tertiary alicyclic amines) is 1. The molecule has 2 aromatic carbocycles. The standard InChI is InChI=1S/C24H28N6O3S/c25-23-27-16-24(29-23)9-12-30(13-10-24)22(31)17-4-3-5-19(14-17)34(32,33)28-11-8-18-15-26-21-7-2-1-6-20(18)21/h1-7,14-15,26,28H,8-13,16H2,(H3,25,27,29). The SMILES string of the molecule is NC1=NCC2(CCN(C(=O)c3cccc(S(=O)(=O)NCCc4c[nH]c5ccccc45)c3)CC2)N1. The number of hydrogen-bond donors (Lipinski definition) is 4. The molecule has 5 rings (SSSR count). The lowest BCUT2D eigenvalue weighted by Crippen LogP contribution is -2.55. The molecule has 10 heteroatoms. The number of piperidine rings is 1. The number of rotatable bonds is 6. The molecule has 178 valence electrons.